The molecule has 0 aliphatic rings. The van der Waals surface area contributed by atoms with Crippen LogP contribution in [0.15, 0.2) is 12.1 Å². The predicted octanol–water partition coefficient (Wildman–Crippen LogP) is 2.80. The largest absolute Gasteiger partial charge is 0.495 e. The number of rotatable bonds is 6. The number of carbonyl (C=O) groups is 2. The van der Waals surface area contributed by atoms with Gasteiger partial charge in [-0.3, -0.25) is 9.59 Å². The van der Waals surface area contributed by atoms with E-state index < -0.39 is 17.3 Å². The minimum absolute atomic E-state index is 0.170. The Morgan fingerprint density at radius 1 is 1.24 bits per heavy atom. The molecule has 6 nitrogen and oxygen atoms in total. The second-order valence-corrected chi connectivity index (χ2v) is 5.51. The van der Waals surface area contributed by atoms with Crippen molar-refractivity contribution in [2.24, 2.45) is 5.41 Å². The van der Waals surface area contributed by atoms with Gasteiger partial charge in [0.2, 0.25) is 5.91 Å². The number of carboxylic acids is 1. The molecule has 1 aromatic carbocycles. The molecule has 0 aromatic heterocycles. The fraction of sp³-hybridized carbons (Fsp3) is 0.429. The third kappa shape index (κ3) is 4.26. The van der Waals surface area contributed by atoms with Crippen LogP contribution in [-0.2, 0) is 9.59 Å². The normalized spacial score (nSPS) is 10.9. The third-order valence-corrected chi connectivity index (χ3v) is 3.22. The average molecular weight is 316 g/mol. The molecule has 0 atom stereocenters. The Labute approximate surface area is 128 Å². The number of nitrogens with one attached hydrogen (secondary N) is 1. The van der Waals surface area contributed by atoms with E-state index in [9.17, 15) is 9.59 Å². The van der Waals surface area contributed by atoms with Crippen molar-refractivity contribution in [2.75, 3.05) is 19.5 Å². The highest BCUT2D eigenvalue weighted by Crippen LogP contribution is 2.36. The maximum Gasteiger partial charge on any atom is 0.309 e. The number of benzene rings is 1. The summed E-state index contributed by atoms with van der Waals surface area (Å²) in [6.45, 7) is 2.96. The summed E-state index contributed by atoms with van der Waals surface area (Å²) in [7, 11) is 2.89. The molecule has 0 unspecified atom stereocenters. The molecule has 0 aliphatic heterocycles. The van der Waals surface area contributed by atoms with Crippen LogP contribution in [0.25, 0.3) is 0 Å². The average Bonchev–Trinajstić information content (AvgIpc) is 2.39. The van der Waals surface area contributed by atoms with Crippen LogP contribution in [0.4, 0.5) is 5.69 Å². The smallest absolute Gasteiger partial charge is 0.309 e. The van der Waals surface area contributed by atoms with E-state index in [1.165, 1.54) is 40.2 Å². The Hall–Kier alpha value is -1.95. The predicted molar refractivity (Wildman–Crippen MR) is 79.2 cm³/mol. The van der Waals surface area contributed by atoms with Crippen LogP contribution in [0.3, 0.4) is 0 Å². The van der Waals surface area contributed by atoms with Crippen molar-refractivity contribution in [2.45, 2.75) is 20.3 Å². The zero-order valence-corrected chi connectivity index (χ0v) is 13.1. The summed E-state index contributed by atoms with van der Waals surface area (Å²) >= 11 is 5.97. The van der Waals surface area contributed by atoms with Gasteiger partial charge < -0.3 is 19.9 Å². The highest BCUT2D eigenvalue weighted by molar-refractivity contribution is 6.32. The molecule has 0 aliphatic carbocycles. The standard InChI is InChI=1S/C14H18ClNO5/c1-14(2,13(18)19)7-12(17)16-9-6-10(20-3)8(15)5-11(9)21-4/h5-6H,7H2,1-4H3,(H,16,17)(H,18,19). The van der Waals surface area contributed by atoms with Gasteiger partial charge in [-0.2, -0.15) is 0 Å². The number of amides is 1. The van der Waals surface area contributed by atoms with Gasteiger partial charge >= 0.3 is 5.97 Å². The molecule has 21 heavy (non-hydrogen) atoms. The first-order chi connectivity index (χ1) is 9.71. The molecule has 0 bridgehead atoms. The van der Waals surface area contributed by atoms with Crippen LogP contribution in [0.1, 0.15) is 20.3 Å². The maximum absolute atomic E-state index is 12.0. The number of methoxy groups -OCH3 is 2. The number of aliphatic carboxylic acids is 1. The monoisotopic (exact) mass is 315 g/mol. The van der Waals surface area contributed by atoms with E-state index in [2.05, 4.69) is 5.32 Å². The molecule has 2 N–H and O–H groups in total. The van der Waals surface area contributed by atoms with Gasteiger partial charge in [0.05, 0.1) is 30.3 Å². The van der Waals surface area contributed by atoms with Gasteiger partial charge in [0.15, 0.2) is 0 Å². The topological polar surface area (TPSA) is 84.9 Å². The second kappa shape index (κ2) is 6.67. The SMILES string of the molecule is COc1cc(NC(=O)CC(C)(C)C(=O)O)c(OC)cc1Cl. The molecule has 1 amide bonds. The summed E-state index contributed by atoms with van der Waals surface area (Å²) in [4.78, 5) is 23.0. The van der Waals surface area contributed by atoms with Gasteiger partial charge in [-0.1, -0.05) is 11.6 Å². The van der Waals surface area contributed by atoms with Crippen LogP contribution in [-0.4, -0.2) is 31.2 Å². The fourth-order valence-electron chi connectivity index (χ4n) is 1.63. The Balaban J connectivity index is 2.97. The van der Waals surface area contributed by atoms with Crippen LogP contribution in [0.2, 0.25) is 5.02 Å². The van der Waals surface area contributed by atoms with Crippen LogP contribution < -0.4 is 14.8 Å². The van der Waals surface area contributed by atoms with Gasteiger partial charge in [0, 0.05) is 18.6 Å². The molecule has 0 heterocycles. The summed E-state index contributed by atoms with van der Waals surface area (Å²) in [5.41, 5.74) is -0.793. The van der Waals surface area contributed by atoms with Crippen molar-refractivity contribution in [1.82, 2.24) is 0 Å². The van der Waals surface area contributed by atoms with E-state index in [0.29, 0.717) is 22.2 Å². The number of halogens is 1. The van der Waals surface area contributed by atoms with Crippen molar-refractivity contribution >= 4 is 29.2 Å². The quantitative estimate of drug-likeness (QED) is 0.843. The lowest BCUT2D eigenvalue weighted by Gasteiger charge is -2.19. The van der Waals surface area contributed by atoms with E-state index in [4.69, 9.17) is 26.2 Å². The molecule has 116 valence electrons. The Morgan fingerprint density at radius 2 is 1.81 bits per heavy atom. The minimum atomic E-state index is -1.16. The first-order valence-corrected chi connectivity index (χ1v) is 6.54. The Kier molecular flexibility index (Phi) is 5.43. The first kappa shape index (κ1) is 17.1. The molecule has 0 saturated heterocycles. The summed E-state index contributed by atoms with van der Waals surface area (Å²) in [5, 5.41) is 12.0. The molecule has 1 rings (SSSR count). The van der Waals surface area contributed by atoms with E-state index in [0.717, 1.165) is 0 Å². The van der Waals surface area contributed by atoms with Gasteiger partial charge in [0.25, 0.3) is 0 Å². The molecular formula is C14H18ClNO5. The zero-order valence-electron chi connectivity index (χ0n) is 12.3. The van der Waals surface area contributed by atoms with E-state index in [1.54, 1.807) is 0 Å². The minimum Gasteiger partial charge on any atom is -0.495 e. The Morgan fingerprint density at radius 3 is 2.29 bits per heavy atom. The number of carboxylic acid groups (broad SMARTS) is 1. The van der Waals surface area contributed by atoms with Crippen molar-refractivity contribution in [3.8, 4) is 11.5 Å². The van der Waals surface area contributed by atoms with Crippen molar-refractivity contribution in [1.29, 1.82) is 0 Å². The van der Waals surface area contributed by atoms with Crippen molar-refractivity contribution in [3.05, 3.63) is 17.2 Å². The molecular weight excluding hydrogens is 298 g/mol. The van der Waals surface area contributed by atoms with Gasteiger partial charge in [0.1, 0.15) is 11.5 Å². The number of anilines is 1. The van der Waals surface area contributed by atoms with E-state index >= 15 is 0 Å². The van der Waals surface area contributed by atoms with Gasteiger partial charge in [-0.15, -0.1) is 0 Å². The first-order valence-electron chi connectivity index (χ1n) is 6.16. The number of hydrogen-bond donors (Lipinski definition) is 2. The summed E-state index contributed by atoms with van der Waals surface area (Å²) < 4.78 is 10.2. The van der Waals surface area contributed by atoms with Gasteiger partial charge in [-0.05, 0) is 13.8 Å². The van der Waals surface area contributed by atoms with E-state index in [-0.39, 0.29) is 6.42 Å². The van der Waals surface area contributed by atoms with Crippen LogP contribution >= 0.6 is 11.6 Å². The summed E-state index contributed by atoms with van der Waals surface area (Å²) in [6.07, 6.45) is -0.170. The molecule has 0 saturated carbocycles. The van der Waals surface area contributed by atoms with Gasteiger partial charge in [-0.25, -0.2) is 0 Å². The molecule has 0 fully saturated rings. The lowest BCUT2D eigenvalue weighted by Crippen LogP contribution is -2.29. The summed E-state index contributed by atoms with van der Waals surface area (Å²) in [6, 6.07) is 3.03. The molecule has 1 aromatic rings. The van der Waals surface area contributed by atoms with Crippen molar-refractivity contribution in [3.63, 3.8) is 0 Å². The molecule has 0 spiro atoms. The van der Waals surface area contributed by atoms with Crippen LogP contribution in [0, 0.1) is 5.41 Å². The van der Waals surface area contributed by atoms with Crippen molar-refractivity contribution < 1.29 is 24.2 Å². The lowest BCUT2D eigenvalue weighted by molar-refractivity contribution is -0.148. The highest BCUT2D eigenvalue weighted by Gasteiger charge is 2.30. The van der Waals surface area contributed by atoms with Crippen LogP contribution in [0.5, 0.6) is 11.5 Å². The second-order valence-electron chi connectivity index (χ2n) is 5.10. The maximum atomic E-state index is 12.0. The highest BCUT2D eigenvalue weighted by atomic mass is 35.5. The third-order valence-electron chi connectivity index (χ3n) is 2.93. The molecule has 0 radical (unpaired) electrons. The fourth-order valence-corrected chi connectivity index (χ4v) is 1.86. The lowest BCUT2D eigenvalue weighted by atomic mass is 9.89. The molecule has 7 heteroatoms. The number of hydrogen-bond acceptors (Lipinski definition) is 4. The summed E-state index contributed by atoms with van der Waals surface area (Å²) in [5.74, 6) is -0.740. The zero-order chi connectivity index (χ0) is 16.2. The number of carbonyl (C=O) groups excluding carboxylic acids is 1. The van der Waals surface area contributed by atoms with E-state index in [1.807, 2.05) is 0 Å². The number of ether oxygens (including phenoxy) is 2. The Bertz CT molecular complexity index is 557.